The lowest BCUT2D eigenvalue weighted by atomic mass is 10.0. The molecule has 0 heterocycles. The number of thioether (sulfide) groups is 1. The zero-order valence-corrected chi connectivity index (χ0v) is 10.2. The molecular weight excluding hydrogens is 221 g/mol. The van der Waals surface area contributed by atoms with Crippen LogP contribution in [0, 0.1) is 5.82 Å². The zero-order chi connectivity index (χ0) is 11.4. The van der Waals surface area contributed by atoms with Crippen molar-refractivity contribution in [2.45, 2.75) is 43.1 Å². The maximum Gasteiger partial charge on any atom is 0.125 e. The van der Waals surface area contributed by atoms with Crippen molar-refractivity contribution in [2.24, 2.45) is 0 Å². The van der Waals surface area contributed by atoms with E-state index in [9.17, 15) is 4.39 Å². The van der Waals surface area contributed by atoms with E-state index in [1.807, 2.05) is 17.8 Å². The quantitative estimate of drug-likeness (QED) is 0.808. The van der Waals surface area contributed by atoms with Gasteiger partial charge in [0, 0.05) is 16.7 Å². The number of anilines is 1. The summed E-state index contributed by atoms with van der Waals surface area (Å²) in [6, 6.07) is 4.83. The monoisotopic (exact) mass is 239 g/mol. The van der Waals surface area contributed by atoms with Crippen LogP contribution in [0.5, 0.6) is 0 Å². The summed E-state index contributed by atoms with van der Waals surface area (Å²) in [6.45, 7) is 0. The molecule has 3 heteroatoms. The van der Waals surface area contributed by atoms with Crippen LogP contribution in [-0.4, -0.2) is 5.25 Å². The highest BCUT2D eigenvalue weighted by atomic mass is 32.2. The molecule has 1 saturated carbocycles. The van der Waals surface area contributed by atoms with Crippen LogP contribution in [0.25, 0.3) is 0 Å². The van der Waals surface area contributed by atoms with E-state index in [4.69, 9.17) is 5.73 Å². The van der Waals surface area contributed by atoms with Gasteiger partial charge in [-0.25, -0.2) is 4.39 Å². The first kappa shape index (κ1) is 11.8. The Morgan fingerprint density at radius 2 is 1.94 bits per heavy atom. The summed E-state index contributed by atoms with van der Waals surface area (Å²) < 4.78 is 13.1. The number of rotatable bonds is 3. The average molecular weight is 239 g/mol. The van der Waals surface area contributed by atoms with E-state index in [0.717, 1.165) is 16.6 Å². The van der Waals surface area contributed by atoms with Gasteiger partial charge in [-0.1, -0.05) is 19.3 Å². The van der Waals surface area contributed by atoms with Crippen molar-refractivity contribution >= 4 is 17.4 Å². The summed E-state index contributed by atoms with van der Waals surface area (Å²) in [7, 11) is 0. The predicted molar refractivity (Wildman–Crippen MR) is 69.0 cm³/mol. The van der Waals surface area contributed by atoms with E-state index in [-0.39, 0.29) is 5.82 Å². The highest BCUT2D eigenvalue weighted by Gasteiger charge is 2.13. The minimum Gasteiger partial charge on any atom is -0.399 e. The smallest absolute Gasteiger partial charge is 0.125 e. The highest BCUT2D eigenvalue weighted by Crippen LogP contribution is 2.30. The number of hydrogen-bond acceptors (Lipinski definition) is 2. The molecule has 1 aliphatic rings. The molecule has 0 aliphatic heterocycles. The minimum absolute atomic E-state index is 0.223. The van der Waals surface area contributed by atoms with E-state index in [2.05, 4.69) is 0 Å². The molecule has 1 nitrogen and oxygen atoms in total. The number of halogens is 1. The van der Waals surface area contributed by atoms with Crippen LogP contribution in [0.1, 0.15) is 37.7 Å². The average Bonchev–Trinajstić information content (AvgIpc) is 2.27. The van der Waals surface area contributed by atoms with Gasteiger partial charge in [-0.2, -0.15) is 11.8 Å². The first-order valence-corrected chi connectivity index (χ1v) is 6.95. The second kappa shape index (κ2) is 5.58. The van der Waals surface area contributed by atoms with Crippen LogP contribution in [0.4, 0.5) is 10.1 Å². The predicted octanol–water partition coefficient (Wildman–Crippen LogP) is 3.97. The molecule has 16 heavy (non-hydrogen) atoms. The Hall–Kier alpha value is -0.700. The summed E-state index contributed by atoms with van der Waals surface area (Å²) >= 11 is 1.95. The van der Waals surface area contributed by atoms with Crippen molar-refractivity contribution < 1.29 is 4.39 Å². The molecule has 1 fully saturated rings. The summed E-state index contributed by atoms with van der Waals surface area (Å²) in [5.74, 6) is 0.659. The van der Waals surface area contributed by atoms with Gasteiger partial charge in [-0.3, -0.25) is 0 Å². The third kappa shape index (κ3) is 3.41. The standard InChI is InChI=1S/C13H18FNS/c14-11-6-10(7-12(15)8-11)9-16-13-4-2-1-3-5-13/h6-8,13H,1-5,9,15H2. The van der Waals surface area contributed by atoms with Crippen molar-refractivity contribution in [1.82, 2.24) is 0 Å². The van der Waals surface area contributed by atoms with Crippen molar-refractivity contribution in [3.05, 3.63) is 29.6 Å². The van der Waals surface area contributed by atoms with Crippen molar-refractivity contribution in [2.75, 3.05) is 5.73 Å². The van der Waals surface area contributed by atoms with Gasteiger partial charge in [-0.15, -0.1) is 0 Å². The second-order valence-electron chi connectivity index (χ2n) is 4.46. The fraction of sp³-hybridized carbons (Fsp3) is 0.538. The molecule has 1 aromatic carbocycles. The van der Waals surface area contributed by atoms with Gasteiger partial charge in [0.1, 0.15) is 5.82 Å². The van der Waals surface area contributed by atoms with Crippen molar-refractivity contribution in [3.8, 4) is 0 Å². The lowest BCUT2D eigenvalue weighted by Crippen LogP contribution is -2.08. The molecular formula is C13H18FNS. The summed E-state index contributed by atoms with van der Waals surface area (Å²) in [5, 5.41) is 0.762. The number of nitrogen functional groups attached to an aromatic ring is 1. The number of hydrogen-bond donors (Lipinski definition) is 1. The van der Waals surface area contributed by atoms with E-state index in [1.54, 1.807) is 6.07 Å². The van der Waals surface area contributed by atoms with Gasteiger partial charge in [0.2, 0.25) is 0 Å². The topological polar surface area (TPSA) is 26.0 Å². The maximum absolute atomic E-state index is 13.1. The molecule has 0 spiro atoms. The number of benzene rings is 1. The molecule has 2 rings (SSSR count). The molecule has 2 N–H and O–H groups in total. The summed E-state index contributed by atoms with van der Waals surface area (Å²) in [6.07, 6.45) is 6.71. The van der Waals surface area contributed by atoms with Crippen LogP contribution in [-0.2, 0) is 5.75 Å². The molecule has 0 amide bonds. The Bertz CT molecular complexity index is 328. The Balaban J connectivity index is 1.88. The third-order valence-corrected chi connectivity index (χ3v) is 4.46. The van der Waals surface area contributed by atoms with Gasteiger partial charge in [0.15, 0.2) is 0 Å². The summed E-state index contributed by atoms with van der Waals surface area (Å²) in [4.78, 5) is 0. The van der Waals surface area contributed by atoms with E-state index in [0.29, 0.717) is 5.69 Å². The molecule has 0 radical (unpaired) electrons. The second-order valence-corrected chi connectivity index (χ2v) is 5.75. The van der Waals surface area contributed by atoms with Crippen LogP contribution in [0.15, 0.2) is 18.2 Å². The Labute approximate surface area is 101 Å². The van der Waals surface area contributed by atoms with Gasteiger partial charge >= 0.3 is 0 Å². The molecule has 1 aromatic rings. The lowest BCUT2D eigenvalue weighted by Gasteiger charge is -2.20. The molecule has 0 bridgehead atoms. The normalized spacial score (nSPS) is 17.6. The fourth-order valence-electron chi connectivity index (χ4n) is 2.20. The maximum atomic E-state index is 13.1. The highest BCUT2D eigenvalue weighted by molar-refractivity contribution is 7.99. The van der Waals surface area contributed by atoms with Crippen molar-refractivity contribution in [3.63, 3.8) is 0 Å². The Kier molecular flexibility index (Phi) is 4.10. The van der Waals surface area contributed by atoms with E-state index in [1.165, 1.54) is 38.2 Å². The SMILES string of the molecule is Nc1cc(F)cc(CSC2CCCCC2)c1. The Morgan fingerprint density at radius 3 is 2.62 bits per heavy atom. The molecule has 0 aromatic heterocycles. The van der Waals surface area contributed by atoms with Gasteiger partial charge in [-0.05, 0) is 36.6 Å². The van der Waals surface area contributed by atoms with Crippen LogP contribution < -0.4 is 5.73 Å². The molecule has 1 aliphatic carbocycles. The third-order valence-electron chi connectivity index (χ3n) is 3.02. The molecule has 0 unspecified atom stereocenters. The lowest BCUT2D eigenvalue weighted by molar-refractivity contribution is 0.516. The molecule has 88 valence electrons. The summed E-state index contributed by atoms with van der Waals surface area (Å²) in [5.41, 5.74) is 7.15. The van der Waals surface area contributed by atoms with Crippen LogP contribution in [0.3, 0.4) is 0 Å². The number of nitrogens with two attached hydrogens (primary N) is 1. The first-order chi connectivity index (χ1) is 7.74. The molecule has 0 saturated heterocycles. The van der Waals surface area contributed by atoms with Gasteiger partial charge in [0.05, 0.1) is 0 Å². The van der Waals surface area contributed by atoms with E-state index < -0.39 is 0 Å². The zero-order valence-electron chi connectivity index (χ0n) is 9.42. The minimum atomic E-state index is -0.223. The molecule has 0 atom stereocenters. The van der Waals surface area contributed by atoms with Crippen LogP contribution in [0.2, 0.25) is 0 Å². The first-order valence-electron chi connectivity index (χ1n) is 5.90. The van der Waals surface area contributed by atoms with E-state index >= 15 is 0 Å². The largest absolute Gasteiger partial charge is 0.399 e. The van der Waals surface area contributed by atoms with Gasteiger partial charge in [0.25, 0.3) is 0 Å². The van der Waals surface area contributed by atoms with Gasteiger partial charge < -0.3 is 5.73 Å². The van der Waals surface area contributed by atoms with Crippen molar-refractivity contribution in [1.29, 1.82) is 0 Å². The van der Waals surface area contributed by atoms with Crippen LogP contribution >= 0.6 is 11.8 Å². The fourth-order valence-corrected chi connectivity index (χ4v) is 3.47. The Morgan fingerprint density at radius 1 is 1.19 bits per heavy atom.